The van der Waals surface area contributed by atoms with Crippen LogP contribution in [0.3, 0.4) is 0 Å². The molecule has 0 amide bonds. The summed E-state index contributed by atoms with van der Waals surface area (Å²) < 4.78 is 0. The van der Waals surface area contributed by atoms with Crippen molar-refractivity contribution in [1.82, 2.24) is 5.32 Å². The van der Waals surface area contributed by atoms with E-state index in [1.54, 1.807) is 0 Å². The molecule has 0 spiro atoms. The predicted molar refractivity (Wildman–Crippen MR) is 34.1 cm³/mol. The molecule has 0 bridgehead atoms. The molecule has 7 heavy (non-hydrogen) atoms. The van der Waals surface area contributed by atoms with E-state index in [-0.39, 0.29) is 0 Å². The fraction of sp³-hybridized carbons (Fsp3) is 1.00. The van der Waals surface area contributed by atoms with Gasteiger partial charge in [-0.05, 0) is 24.8 Å². The second kappa shape index (κ2) is 1.87. The van der Waals surface area contributed by atoms with Gasteiger partial charge in [-0.15, -0.1) is 0 Å². The number of rotatable bonds is 0. The highest BCUT2D eigenvalue weighted by Gasteiger charge is 2.14. The van der Waals surface area contributed by atoms with Gasteiger partial charge < -0.3 is 5.32 Å². The summed E-state index contributed by atoms with van der Waals surface area (Å²) in [6.45, 7) is 3.51. The van der Waals surface area contributed by atoms with Crippen molar-refractivity contribution < 1.29 is 0 Å². The van der Waals surface area contributed by atoms with Gasteiger partial charge in [-0.3, -0.25) is 0 Å². The van der Waals surface area contributed by atoms with Gasteiger partial charge in [0.1, 0.15) is 7.85 Å². The molecule has 1 saturated heterocycles. The average molecular weight is 97.0 g/mol. The van der Waals surface area contributed by atoms with Gasteiger partial charge in [0.15, 0.2) is 0 Å². The highest BCUT2D eigenvalue weighted by Crippen LogP contribution is 2.08. The maximum absolute atomic E-state index is 3.37. The minimum atomic E-state index is 0.773. The Kier molecular flexibility index (Phi) is 1.38. The number of nitrogens with one attached hydrogen (secondary N) is 1. The lowest BCUT2D eigenvalue weighted by Crippen LogP contribution is -2.20. The maximum Gasteiger partial charge on any atom is 0.123 e. The van der Waals surface area contributed by atoms with Crippen molar-refractivity contribution in [2.75, 3.05) is 6.54 Å². The van der Waals surface area contributed by atoms with E-state index in [0.717, 1.165) is 11.9 Å². The lowest BCUT2D eigenvalue weighted by Gasteiger charge is -1.95. The Morgan fingerprint density at radius 1 is 1.71 bits per heavy atom. The molecule has 0 saturated carbocycles. The second-order valence-electron chi connectivity index (χ2n) is 2.65. The Hall–Kier alpha value is 0.0249. The summed E-state index contributed by atoms with van der Waals surface area (Å²) >= 11 is 0. The number of hydrogen-bond acceptors (Lipinski definition) is 1. The summed E-state index contributed by atoms with van der Waals surface area (Å²) in [5, 5.41) is 3.37. The van der Waals surface area contributed by atoms with E-state index in [9.17, 15) is 0 Å². The maximum atomic E-state index is 3.37. The monoisotopic (exact) mass is 97.1 g/mol. The summed E-state index contributed by atoms with van der Waals surface area (Å²) in [5.74, 6) is 1.69. The van der Waals surface area contributed by atoms with Crippen LogP contribution in [0.4, 0.5) is 0 Å². The second-order valence-corrected chi connectivity index (χ2v) is 2.65. The van der Waals surface area contributed by atoms with Crippen molar-refractivity contribution >= 4 is 7.85 Å². The molecule has 2 atom stereocenters. The van der Waals surface area contributed by atoms with Crippen LogP contribution in [-0.4, -0.2) is 20.3 Å². The average Bonchev–Trinajstić information content (AvgIpc) is 1.87. The Bertz CT molecular complexity index is 57.1. The van der Waals surface area contributed by atoms with Gasteiger partial charge in [0.25, 0.3) is 0 Å². The van der Waals surface area contributed by atoms with Gasteiger partial charge >= 0.3 is 0 Å². The summed E-state index contributed by atoms with van der Waals surface area (Å²) in [4.78, 5) is 0. The molecule has 0 aromatic heterocycles. The largest absolute Gasteiger partial charge is 0.322 e. The van der Waals surface area contributed by atoms with E-state index in [1.165, 1.54) is 13.0 Å². The minimum absolute atomic E-state index is 0.773. The van der Waals surface area contributed by atoms with E-state index in [2.05, 4.69) is 20.1 Å². The van der Waals surface area contributed by atoms with Crippen molar-refractivity contribution in [1.29, 1.82) is 0 Å². The zero-order chi connectivity index (χ0) is 5.28. The van der Waals surface area contributed by atoms with E-state index in [4.69, 9.17) is 0 Å². The van der Waals surface area contributed by atoms with Gasteiger partial charge in [0, 0.05) is 0 Å². The van der Waals surface area contributed by atoms with Crippen LogP contribution < -0.4 is 5.32 Å². The molecule has 1 aliphatic heterocycles. The highest BCUT2D eigenvalue weighted by atomic mass is 14.9. The summed E-state index contributed by atoms with van der Waals surface area (Å²) in [5.41, 5.74) is 0. The van der Waals surface area contributed by atoms with Crippen molar-refractivity contribution in [2.45, 2.75) is 19.3 Å². The Balaban J connectivity index is 2.26. The Labute approximate surface area is 45.9 Å². The van der Waals surface area contributed by atoms with E-state index >= 15 is 0 Å². The van der Waals surface area contributed by atoms with Crippen LogP contribution in [0.2, 0.25) is 0 Å². The molecule has 1 rings (SSSR count). The Morgan fingerprint density at radius 2 is 2.43 bits per heavy atom. The van der Waals surface area contributed by atoms with Gasteiger partial charge in [-0.1, -0.05) is 6.92 Å². The highest BCUT2D eigenvalue weighted by molar-refractivity contribution is 6.11. The van der Waals surface area contributed by atoms with Crippen molar-refractivity contribution in [3.63, 3.8) is 0 Å². The topological polar surface area (TPSA) is 12.0 Å². The molecule has 40 valence electrons. The molecular formula is C5H12BN. The smallest absolute Gasteiger partial charge is 0.123 e. The van der Waals surface area contributed by atoms with E-state index < -0.39 is 0 Å². The molecule has 0 aliphatic carbocycles. The van der Waals surface area contributed by atoms with Gasteiger partial charge in [-0.2, -0.15) is 0 Å². The fourth-order valence-electron chi connectivity index (χ4n) is 1.17. The Morgan fingerprint density at radius 3 is 2.57 bits per heavy atom. The van der Waals surface area contributed by atoms with Crippen molar-refractivity contribution in [3.05, 3.63) is 0 Å². The lowest BCUT2D eigenvalue weighted by atomic mass is 9.92. The first kappa shape index (κ1) is 5.17. The van der Waals surface area contributed by atoms with Gasteiger partial charge in [-0.25, -0.2) is 0 Å². The number of hydrogen-bond donors (Lipinski definition) is 1. The molecule has 2 unspecified atom stereocenters. The quantitative estimate of drug-likeness (QED) is 0.404. The van der Waals surface area contributed by atoms with Crippen LogP contribution in [0.15, 0.2) is 0 Å². The van der Waals surface area contributed by atoms with Crippen LogP contribution in [-0.2, 0) is 0 Å². The molecule has 0 aromatic rings. The first-order chi connectivity index (χ1) is 3.29. The summed E-state index contributed by atoms with van der Waals surface area (Å²) in [6, 6.07) is 0. The molecule has 2 heteroatoms. The van der Waals surface area contributed by atoms with Crippen molar-refractivity contribution in [2.24, 2.45) is 5.92 Å². The van der Waals surface area contributed by atoms with E-state index in [0.29, 0.717) is 0 Å². The van der Waals surface area contributed by atoms with E-state index in [1.807, 2.05) is 0 Å². The molecule has 1 heterocycles. The summed E-state index contributed by atoms with van der Waals surface area (Å²) in [6.07, 6.45) is 1.36. The molecule has 1 aliphatic rings. The van der Waals surface area contributed by atoms with Crippen LogP contribution in [0.25, 0.3) is 0 Å². The van der Waals surface area contributed by atoms with Crippen LogP contribution in [0.1, 0.15) is 13.3 Å². The van der Waals surface area contributed by atoms with Crippen LogP contribution >= 0.6 is 0 Å². The molecular weight excluding hydrogens is 84.9 g/mol. The third-order valence-electron chi connectivity index (χ3n) is 1.57. The van der Waals surface area contributed by atoms with Crippen molar-refractivity contribution in [3.8, 4) is 0 Å². The third-order valence-corrected chi connectivity index (χ3v) is 1.57. The zero-order valence-corrected chi connectivity index (χ0v) is 5.07. The van der Waals surface area contributed by atoms with Gasteiger partial charge in [0.05, 0.1) is 0 Å². The first-order valence-electron chi connectivity index (χ1n) is 3.02. The SMILES string of the molecule is BC1CC(C)CN1. The molecule has 1 fully saturated rings. The third kappa shape index (κ3) is 1.20. The zero-order valence-electron chi connectivity index (χ0n) is 5.07. The first-order valence-corrected chi connectivity index (χ1v) is 3.02. The molecule has 0 radical (unpaired) electrons. The van der Waals surface area contributed by atoms with Crippen LogP contribution in [0.5, 0.6) is 0 Å². The summed E-state index contributed by atoms with van der Waals surface area (Å²) in [7, 11) is 2.24. The molecule has 1 N–H and O–H groups in total. The predicted octanol–water partition coefficient (Wildman–Crippen LogP) is -0.425. The van der Waals surface area contributed by atoms with Gasteiger partial charge in [0.2, 0.25) is 0 Å². The fourth-order valence-corrected chi connectivity index (χ4v) is 1.17. The molecule has 0 aromatic carbocycles. The normalized spacial score (nSPS) is 41.9. The molecule has 1 nitrogen and oxygen atoms in total. The van der Waals surface area contributed by atoms with Crippen LogP contribution in [0, 0.1) is 5.92 Å². The lowest BCUT2D eigenvalue weighted by molar-refractivity contribution is 0.648. The minimum Gasteiger partial charge on any atom is -0.322 e. The standard InChI is InChI=1S/C5H12BN/c1-4-2-5(6)7-3-4/h4-5,7H,2-3,6H2,1H3.